The van der Waals surface area contributed by atoms with E-state index in [1.807, 2.05) is 24.3 Å². The van der Waals surface area contributed by atoms with Gasteiger partial charge in [-0.3, -0.25) is 0 Å². The molecule has 0 heterocycles. The van der Waals surface area contributed by atoms with Crippen LogP contribution in [0.1, 0.15) is 30.9 Å². The smallest absolute Gasteiger partial charge is 0.200 e. The molecule has 0 aromatic heterocycles. The van der Waals surface area contributed by atoms with Crippen LogP contribution in [0.15, 0.2) is 58.5 Å². The molecule has 2 aromatic rings. The van der Waals surface area contributed by atoms with Gasteiger partial charge in [0.25, 0.3) is 10.0 Å². The summed E-state index contributed by atoms with van der Waals surface area (Å²) in [7, 11) is -3.68. The van der Waals surface area contributed by atoms with Gasteiger partial charge < -0.3 is 0 Å². The second-order valence-corrected chi connectivity index (χ2v) is 7.23. The first-order valence-corrected chi connectivity index (χ1v) is 8.65. The Kier molecular flexibility index (Phi) is 5.21. The highest BCUT2D eigenvalue weighted by molar-refractivity contribution is 7.89. The van der Waals surface area contributed by atoms with Crippen LogP contribution in [0.3, 0.4) is 0 Å². The van der Waals surface area contributed by atoms with Crippen LogP contribution < -0.4 is 4.83 Å². The largest absolute Gasteiger partial charge is 0.276 e. The summed E-state index contributed by atoms with van der Waals surface area (Å²) in [5.74, 6) is 0.453. The van der Waals surface area contributed by atoms with E-state index in [2.05, 4.69) is 23.8 Å². The van der Waals surface area contributed by atoms with Gasteiger partial charge in [-0.2, -0.15) is 13.5 Å². The Morgan fingerprint density at radius 2 is 1.64 bits per heavy atom. The summed E-state index contributed by atoms with van der Waals surface area (Å²) in [5, 5.41) is 4.27. The summed E-state index contributed by atoms with van der Waals surface area (Å²) in [6.45, 7) is 4.23. The van der Waals surface area contributed by atoms with Gasteiger partial charge in [-0.05, 0) is 41.3 Å². The van der Waals surface area contributed by atoms with Crippen LogP contribution in [-0.4, -0.2) is 14.6 Å². The molecule has 0 atom stereocenters. The van der Waals surface area contributed by atoms with Crippen molar-refractivity contribution in [2.75, 3.05) is 0 Å². The van der Waals surface area contributed by atoms with Crippen molar-refractivity contribution in [1.29, 1.82) is 0 Å². The molecule has 4 nitrogen and oxygen atoms in total. The van der Waals surface area contributed by atoms with Crippen LogP contribution in [0.4, 0.5) is 0 Å². The number of hydrazone groups is 1. The standard InChI is InChI=1S/C16H17ClN2O2S/c1-12(2)14-5-3-13(4-6-14)11-18-19-22(20,21)16-9-7-15(17)8-10-16/h3-12,19H,1-2H3/b18-11+. The first-order chi connectivity index (χ1) is 10.4. The van der Waals surface area contributed by atoms with Crippen LogP contribution in [0.5, 0.6) is 0 Å². The van der Waals surface area contributed by atoms with Gasteiger partial charge in [0.1, 0.15) is 0 Å². The number of nitrogens with zero attached hydrogens (tertiary/aromatic N) is 1. The summed E-state index contributed by atoms with van der Waals surface area (Å²) in [6, 6.07) is 13.7. The Labute approximate surface area is 135 Å². The molecule has 0 aliphatic heterocycles. The van der Waals surface area contributed by atoms with Crippen molar-refractivity contribution in [2.45, 2.75) is 24.7 Å². The molecule has 0 radical (unpaired) electrons. The second kappa shape index (κ2) is 6.94. The van der Waals surface area contributed by atoms with Crippen LogP contribution in [0, 0.1) is 0 Å². The normalized spacial score (nSPS) is 12.0. The number of benzene rings is 2. The predicted molar refractivity (Wildman–Crippen MR) is 89.9 cm³/mol. The average Bonchev–Trinajstić information content (AvgIpc) is 2.48. The molecule has 2 aromatic carbocycles. The molecule has 0 aliphatic rings. The fourth-order valence-electron chi connectivity index (χ4n) is 1.80. The molecule has 0 amide bonds. The van der Waals surface area contributed by atoms with Crippen LogP contribution in [0.2, 0.25) is 5.02 Å². The molecule has 0 bridgehead atoms. The second-order valence-electron chi connectivity index (χ2n) is 5.13. The SMILES string of the molecule is CC(C)c1ccc(/C=N/NS(=O)(=O)c2ccc(Cl)cc2)cc1. The predicted octanol–water partition coefficient (Wildman–Crippen LogP) is 3.78. The molecule has 0 saturated carbocycles. The monoisotopic (exact) mass is 336 g/mol. The summed E-state index contributed by atoms with van der Waals surface area (Å²) in [5.41, 5.74) is 2.04. The molecule has 0 unspecified atom stereocenters. The fraction of sp³-hybridized carbons (Fsp3) is 0.188. The molecule has 22 heavy (non-hydrogen) atoms. The summed E-state index contributed by atoms with van der Waals surface area (Å²) in [4.78, 5) is 2.29. The Morgan fingerprint density at radius 1 is 1.05 bits per heavy atom. The van der Waals surface area contributed by atoms with Crippen molar-refractivity contribution >= 4 is 27.8 Å². The molecule has 116 valence electrons. The van der Waals surface area contributed by atoms with E-state index in [1.54, 1.807) is 0 Å². The number of nitrogens with one attached hydrogen (secondary N) is 1. The maximum Gasteiger partial charge on any atom is 0.276 e. The lowest BCUT2D eigenvalue weighted by Gasteiger charge is -2.05. The van der Waals surface area contributed by atoms with E-state index in [9.17, 15) is 8.42 Å². The lowest BCUT2D eigenvalue weighted by Crippen LogP contribution is -2.18. The number of rotatable bonds is 5. The Morgan fingerprint density at radius 3 is 2.18 bits per heavy atom. The molecule has 0 aliphatic carbocycles. The molecule has 1 N–H and O–H groups in total. The fourth-order valence-corrected chi connectivity index (χ4v) is 2.72. The van der Waals surface area contributed by atoms with E-state index >= 15 is 0 Å². The van der Waals surface area contributed by atoms with Crippen molar-refractivity contribution in [1.82, 2.24) is 4.83 Å². The van der Waals surface area contributed by atoms with Crippen molar-refractivity contribution in [2.24, 2.45) is 5.10 Å². The van der Waals surface area contributed by atoms with Gasteiger partial charge in [-0.15, -0.1) is 0 Å². The summed E-state index contributed by atoms with van der Waals surface area (Å²) < 4.78 is 24.0. The van der Waals surface area contributed by atoms with Gasteiger partial charge >= 0.3 is 0 Å². The summed E-state index contributed by atoms with van der Waals surface area (Å²) in [6.07, 6.45) is 1.47. The third-order valence-electron chi connectivity index (χ3n) is 3.11. The molecule has 0 saturated heterocycles. The van der Waals surface area contributed by atoms with Gasteiger partial charge in [0.05, 0.1) is 11.1 Å². The van der Waals surface area contributed by atoms with Crippen molar-refractivity contribution < 1.29 is 8.42 Å². The molecule has 0 spiro atoms. The zero-order valence-electron chi connectivity index (χ0n) is 12.3. The highest BCUT2D eigenvalue weighted by Crippen LogP contribution is 2.15. The van der Waals surface area contributed by atoms with Gasteiger partial charge in [0, 0.05) is 5.02 Å². The van der Waals surface area contributed by atoms with Gasteiger partial charge in [-0.1, -0.05) is 49.7 Å². The molecular formula is C16H17ClN2O2S. The minimum absolute atomic E-state index is 0.115. The minimum atomic E-state index is -3.68. The Hall–Kier alpha value is -1.85. The average molecular weight is 337 g/mol. The number of sulfonamides is 1. The first kappa shape index (κ1) is 16.5. The van der Waals surface area contributed by atoms with Gasteiger partial charge in [0.2, 0.25) is 0 Å². The third-order valence-corrected chi connectivity index (χ3v) is 4.60. The van der Waals surface area contributed by atoms with Crippen molar-refractivity contribution in [3.8, 4) is 0 Å². The summed E-state index contributed by atoms with van der Waals surface area (Å²) >= 11 is 5.74. The maximum absolute atomic E-state index is 12.0. The highest BCUT2D eigenvalue weighted by atomic mass is 35.5. The van der Waals surface area contributed by atoms with E-state index in [0.717, 1.165) is 5.56 Å². The Bertz CT molecular complexity index is 752. The van der Waals surface area contributed by atoms with E-state index < -0.39 is 10.0 Å². The first-order valence-electron chi connectivity index (χ1n) is 6.79. The number of hydrogen-bond donors (Lipinski definition) is 1. The van der Waals surface area contributed by atoms with Gasteiger partial charge in [0.15, 0.2) is 0 Å². The quantitative estimate of drug-likeness (QED) is 0.667. The van der Waals surface area contributed by atoms with Crippen molar-refractivity contribution in [3.63, 3.8) is 0 Å². The molecule has 2 rings (SSSR count). The van der Waals surface area contributed by atoms with Crippen LogP contribution in [-0.2, 0) is 10.0 Å². The topological polar surface area (TPSA) is 58.5 Å². The third kappa shape index (κ3) is 4.32. The van der Waals surface area contributed by atoms with Crippen LogP contribution in [0.25, 0.3) is 0 Å². The zero-order valence-corrected chi connectivity index (χ0v) is 13.9. The van der Waals surface area contributed by atoms with Gasteiger partial charge in [-0.25, -0.2) is 4.83 Å². The number of halogens is 1. The lowest BCUT2D eigenvalue weighted by atomic mass is 10.0. The minimum Gasteiger partial charge on any atom is -0.200 e. The van der Waals surface area contributed by atoms with E-state index in [0.29, 0.717) is 10.9 Å². The Balaban J connectivity index is 2.06. The molecule has 0 fully saturated rings. The van der Waals surface area contributed by atoms with Crippen LogP contribution >= 0.6 is 11.6 Å². The highest BCUT2D eigenvalue weighted by Gasteiger charge is 2.11. The maximum atomic E-state index is 12.0. The van der Waals surface area contributed by atoms with Crippen molar-refractivity contribution in [3.05, 3.63) is 64.7 Å². The molecule has 6 heteroatoms. The van der Waals surface area contributed by atoms with E-state index in [1.165, 1.54) is 36.0 Å². The molecular weight excluding hydrogens is 320 g/mol. The van der Waals surface area contributed by atoms with E-state index in [4.69, 9.17) is 11.6 Å². The number of hydrogen-bond acceptors (Lipinski definition) is 3. The zero-order chi connectivity index (χ0) is 16.2. The lowest BCUT2D eigenvalue weighted by molar-refractivity contribution is 0.584. The van der Waals surface area contributed by atoms with E-state index in [-0.39, 0.29) is 4.90 Å².